The number of rotatable bonds is 3. The minimum atomic E-state index is -0.132. The third-order valence-corrected chi connectivity index (χ3v) is 4.30. The quantitative estimate of drug-likeness (QED) is 0.792. The van der Waals surface area contributed by atoms with Crippen molar-refractivity contribution in [1.82, 2.24) is 9.88 Å². The van der Waals surface area contributed by atoms with E-state index < -0.39 is 0 Å². The summed E-state index contributed by atoms with van der Waals surface area (Å²) in [4.78, 5) is 19.0. The molecular weight excluding hydrogens is 303 g/mol. The lowest BCUT2D eigenvalue weighted by molar-refractivity contribution is 0.0745. The third-order valence-electron chi connectivity index (χ3n) is 2.87. The highest BCUT2D eigenvalue weighted by molar-refractivity contribution is 7.10. The average molecular weight is 315 g/mol. The Bertz CT molecular complexity index is 566. The fraction of sp³-hybridized carbons (Fsp3) is 0.231. The molecule has 2 aromatic heterocycles. The van der Waals surface area contributed by atoms with Crippen LogP contribution in [0.2, 0.25) is 10.3 Å². The van der Waals surface area contributed by atoms with E-state index in [0.717, 1.165) is 4.88 Å². The second kappa shape index (κ2) is 5.90. The molecule has 0 fully saturated rings. The molecule has 100 valence electrons. The van der Waals surface area contributed by atoms with E-state index in [-0.39, 0.29) is 22.3 Å². The number of halogens is 2. The predicted octanol–water partition coefficient (Wildman–Crippen LogP) is 4.28. The Morgan fingerprint density at radius 1 is 1.37 bits per heavy atom. The van der Waals surface area contributed by atoms with Crippen molar-refractivity contribution in [1.29, 1.82) is 0 Å². The second-order valence-electron chi connectivity index (χ2n) is 4.11. The van der Waals surface area contributed by atoms with Gasteiger partial charge in [0.1, 0.15) is 10.3 Å². The van der Waals surface area contributed by atoms with E-state index in [2.05, 4.69) is 4.98 Å². The summed E-state index contributed by atoms with van der Waals surface area (Å²) in [5.41, 5.74) is 0.441. The summed E-state index contributed by atoms with van der Waals surface area (Å²) in [7, 11) is 1.76. The van der Waals surface area contributed by atoms with Gasteiger partial charge in [-0.25, -0.2) is 4.98 Å². The zero-order chi connectivity index (χ0) is 14.0. The van der Waals surface area contributed by atoms with Crippen LogP contribution in [0.3, 0.4) is 0 Å². The Balaban J connectivity index is 2.23. The molecular formula is C13H12Cl2N2OS. The van der Waals surface area contributed by atoms with Crippen molar-refractivity contribution in [2.45, 2.75) is 13.0 Å². The Morgan fingerprint density at radius 2 is 2.00 bits per heavy atom. The van der Waals surface area contributed by atoms with Crippen LogP contribution in [-0.2, 0) is 0 Å². The summed E-state index contributed by atoms with van der Waals surface area (Å²) in [5.74, 6) is -0.132. The number of aromatic nitrogens is 1. The number of hydrogen-bond donors (Lipinski definition) is 0. The monoisotopic (exact) mass is 314 g/mol. The van der Waals surface area contributed by atoms with Crippen LogP contribution in [-0.4, -0.2) is 22.8 Å². The summed E-state index contributed by atoms with van der Waals surface area (Å²) in [6, 6.07) is 7.01. The van der Waals surface area contributed by atoms with Gasteiger partial charge >= 0.3 is 0 Å². The number of amides is 1. The van der Waals surface area contributed by atoms with Crippen LogP contribution in [0.4, 0.5) is 0 Å². The summed E-state index contributed by atoms with van der Waals surface area (Å²) in [6.07, 6.45) is 0. The summed E-state index contributed by atoms with van der Waals surface area (Å²) in [6.45, 7) is 1.98. The van der Waals surface area contributed by atoms with Crippen LogP contribution in [0.1, 0.15) is 28.2 Å². The Morgan fingerprint density at radius 3 is 2.53 bits per heavy atom. The van der Waals surface area contributed by atoms with Crippen molar-refractivity contribution in [3.05, 3.63) is 50.4 Å². The number of hydrogen-bond acceptors (Lipinski definition) is 3. The van der Waals surface area contributed by atoms with Crippen LogP contribution < -0.4 is 0 Å². The molecule has 0 aromatic carbocycles. The van der Waals surface area contributed by atoms with Crippen molar-refractivity contribution < 1.29 is 4.79 Å². The first kappa shape index (κ1) is 14.3. The van der Waals surface area contributed by atoms with Gasteiger partial charge < -0.3 is 4.90 Å². The molecule has 0 spiro atoms. The number of thiophene rings is 1. The lowest BCUT2D eigenvalue weighted by atomic mass is 10.2. The maximum atomic E-state index is 12.4. The van der Waals surface area contributed by atoms with Gasteiger partial charge in [0.15, 0.2) is 0 Å². The first-order valence-corrected chi connectivity index (χ1v) is 7.26. The molecule has 0 saturated heterocycles. The fourth-order valence-electron chi connectivity index (χ4n) is 1.69. The molecule has 1 unspecified atom stereocenters. The molecule has 1 amide bonds. The van der Waals surface area contributed by atoms with Crippen LogP contribution in [0, 0.1) is 0 Å². The van der Waals surface area contributed by atoms with Gasteiger partial charge in [-0.3, -0.25) is 4.79 Å². The van der Waals surface area contributed by atoms with Crippen molar-refractivity contribution in [3.8, 4) is 0 Å². The van der Waals surface area contributed by atoms with Crippen LogP contribution in [0.25, 0.3) is 0 Å². The zero-order valence-corrected chi connectivity index (χ0v) is 12.8. The van der Waals surface area contributed by atoms with E-state index >= 15 is 0 Å². The fourth-order valence-corrected chi connectivity index (χ4v) is 2.97. The molecule has 2 aromatic rings. The number of pyridine rings is 1. The van der Waals surface area contributed by atoms with Crippen LogP contribution in [0.5, 0.6) is 0 Å². The molecule has 2 rings (SSSR count). The van der Waals surface area contributed by atoms with Gasteiger partial charge in [-0.15, -0.1) is 11.3 Å². The normalized spacial score (nSPS) is 12.2. The lowest BCUT2D eigenvalue weighted by Crippen LogP contribution is -2.29. The van der Waals surface area contributed by atoms with E-state index in [1.54, 1.807) is 23.3 Å². The molecule has 0 saturated carbocycles. The van der Waals surface area contributed by atoms with E-state index in [1.807, 2.05) is 24.4 Å². The predicted molar refractivity (Wildman–Crippen MR) is 79.1 cm³/mol. The number of carbonyl (C=O) groups is 1. The SMILES string of the molecule is CC(c1cccs1)N(C)C(=O)c1cc(Cl)nc(Cl)c1. The highest BCUT2D eigenvalue weighted by Crippen LogP contribution is 2.25. The summed E-state index contributed by atoms with van der Waals surface area (Å²) >= 11 is 13.2. The van der Waals surface area contributed by atoms with Crippen molar-refractivity contribution in [2.24, 2.45) is 0 Å². The van der Waals surface area contributed by atoms with Crippen LogP contribution in [0.15, 0.2) is 29.6 Å². The van der Waals surface area contributed by atoms with Crippen molar-refractivity contribution >= 4 is 40.4 Å². The van der Waals surface area contributed by atoms with Crippen molar-refractivity contribution in [2.75, 3.05) is 7.05 Å². The minimum absolute atomic E-state index is 0.00165. The Hall–Kier alpha value is -1.10. The molecule has 0 radical (unpaired) electrons. The molecule has 0 N–H and O–H groups in total. The van der Waals surface area contributed by atoms with Gasteiger partial charge in [0.25, 0.3) is 5.91 Å². The lowest BCUT2D eigenvalue weighted by Gasteiger charge is -2.24. The average Bonchev–Trinajstić information content (AvgIpc) is 2.88. The molecule has 6 heteroatoms. The minimum Gasteiger partial charge on any atom is -0.334 e. The van der Waals surface area contributed by atoms with Gasteiger partial charge in [-0.2, -0.15) is 0 Å². The van der Waals surface area contributed by atoms with E-state index in [9.17, 15) is 4.79 Å². The molecule has 0 aliphatic carbocycles. The maximum absolute atomic E-state index is 12.4. The first-order chi connectivity index (χ1) is 8.99. The zero-order valence-electron chi connectivity index (χ0n) is 10.4. The molecule has 1 atom stereocenters. The number of carbonyl (C=O) groups excluding carboxylic acids is 1. The van der Waals surface area contributed by atoms with Gasteiger partial charge in [-0.1, -0.05) is 29.3 Å². The molecule has 0 aliphatic heterocycles. The third kappa shape index (κ3) is 3.26. The van der Waals surface area contributed by atoms with Crippen molar-refractivity contribution in [3.63, 3.8) is 0 Å². The topological polar surface area (TPSA) is 33.2 Å². The first-order valence-electron chi connectivity index (χ1n) is 5.62. The van der Waals surface area contributed by atoms with Gasteiger partial charge in [-0.05, 0) is 30.5 Å². The van der Waals surface area contributed by atoms with Gasteiger partial charge in [0.2, 0.25) is 0 Å². The standard InChI is InChI=1S/C13H12Cl2N2OS/c1-8(10-4-3-5-19-10)17(2)13(18)9-6-11(14)16-12(15)7-9/h3-8H,1-2H3. The molecule has 19 heavy (non-hydrogen) atoms. The highest BCUT2D eigenvalue weighted by atomic mass is 35.5. The largest absolute Gasteiger partial charge is 0.334 e. The summed E-state index contributed by atoms with van der Waals surface area (Å²) in [5, 5.41) is 2.42. The smallest absolute Gasteiger partial charge is 0.254 e. The Labute approximate surface area is 125 Å². The Kier molecular flexibility index (Phi) is 4.45. The molecule has 3 nitrogen and oxygen atoms in total. The van der Waals surface area contributed by atoms with Gasteiger partial charge in [0, 0.05) is 17.5 Å². The van der Waals surface area contributed by atoms with Crippen LogP contribution >= 0.6 is 34.5 Å². The van der Waals surface area contributed by atoms with E-state index in [4.69, 9.17) is 23.2 Å². The second-order valence-corrected chi connectivity index (χ2v) is 5.86. The maximum Gasteiger partial charge on any atom is 0.254 e. The molecule has 0 bridgehead atoms. The highest BCUT2D eigenvalue weighted by Gasteiger charge is 2.20. The summed E-state index contributed by atoms with van der Waals surface area (Å²) < 4.78 is 0. The number of nitrogens with zero attached hydrogens (tertiary/aromatic N) is 2. The van der Waals surface area contributed by atoms with E-state index in [0.29, 0.717) is 5.56 Å². The molecule has 0 aliphatic rings. The van der Waals surface area contributed by atoms with Gasteiger partial charge in [0.05, 0.1) is 6.04 Å². The molecule has 2 heterocycles. The van der Waals surface area contributed by atoms with E-state index in [1.165, 1.54) is 12.1 Å².